The number of aliphatic hydroxyl groups is 1. The van der Waals surface area contributed by atoms with Crippen LogP contribution in [0.3, 0.4) is 0 Å². The molecule has 3 N–H and O–H groups in total. The lowest BCUT2D eigenvalue weighted by molar-refractivity contribution is 0.122. The molecule has 1 aliphatic rings. The molecule has 0 aromatic heterocycles. The maximum absolute atomic E-state index is 9.60. The van der Waals surface area contributed by atoms with E-state index in [2.05, 4.69) is 4.90 Å². The molecule has 4 nitrogen and oxygen atoms in total. The third kappa shape index (κ3) is 2.28. The highest BCUT2D eigenvalue weighted by Gasteiger charge is 2.13. The molecule has 0 aliphatic carbocycles. The van der Waals surface area contributed by atoms with E-state index < -0.39 is 6.10 Å². The average Bonchev–Trinajstić information content (AvgIpc) is 2.30. The number of anilines is 2. The summed E-state index contributed by atoms with van der Waals surface area (Å²) in [7, 11) is 0. The Labute approximate surface area is 95.6 Å². The smallest absolute Gasteiger partial charge is 0.0782 e. The summed E-state index contributed by atoms with van der Waals surface area (Å²) in [4.78, 5) is 2.24. The van der Waals surface area contributed by atoms with Gasteiger partial charge in [0.05, 0.1) is 19.3 Å². The lowest BCUT2D eigenvalue weighted by Gasteiger charge is -2.29. The molecule has 1 fully saturated rings. The molecule has 1 heterocycles. The third-order valence-corrected chi connectivity index (χ3v) is 2.90. The van der Waals surface area contributed by atoms with Crippen molar-refractivity contribution in [1.29, 1.82) is 0 Å². The molecular weight excluding hydrogens is 204 g/mol. The van der Waals surface area contributed by atoms with Gasteiger partial charge in [0.25, 0.3) is 0 Å². The number of morpholine rings is 1. The van der Waals surface area contributed by atoms with Gasteiger partial charge in [-0.2, -0.15) is 0 Å². The van der Waals surface area contributed by atoms with Crippen LogP contribution >= 0.6 is 0 Å². The van der Waals surface area contributed by atoms with Gasteiger partial charge in [-0.15, -0.1) is 0 Å². The predicted molar refractivity (Wildman–Crippen MR) is 64.5 cm³/mol. The molecule has 1 aromatic carbocycles. The van der Waals surface area contributed by atoms with Crippen LogP contribution in [0.15, 0.2) is 18.2 Å². The lowest BCUT2D eigenvalue weighted by atomic mass is 10.1. The molecule has 2 rings (SSSR count). The molecule has 1 saturated heterocycles. The number of rotatable bonds is 2. The van der Waals surface area contributed by atoms with E-state index in [4.69, 9.17) is 10.5 Å². The van der Waals surface area contributed by atoms with Crippen LogP contribution in [0.25, 0.3) is 0 Å². The Hall–Kier alpha value is -1.26. The number of hydrogen-bond donors (Lipinski definition) is 2. The first-order valence-corrected chi connectivity index (χ1v) is 5.58. The molecule has 1 unspecified atom stereocenters. The molecule has 0 spiro atoms. The summed E-state index contributed by atoms with van der Waals surface area (Å²) in [6, 6.07) is 5.81. The Morgan fingerprint density at radius 3 is 2.69 bits per heavy atom. The monoisotopic (exact) mass is 222 g/mol. The highest BCUT2D eigenvalue weighted by Crippen LogP contribution is 2.26. The Balaban J connectivity index is 2.24. The van der Waals surface area contributed by atoms with Crippen molar-refractivity contribution in [3.8, 4) is 0 Å². The van der Waals surface area contributed by atoms with E-state index in [1.54, 1.807) is 6.92 Å². The van der Waals surface area contributed by atoms with E-state index >= 15 is 0 Å². The van der Waals surface area contributed by atoms with Crippen molar-refractivity contribution in [3.05, 3.63) is 23.8 Å². The number of hydrogen-bond acceptors (Lipinski definition) is 4. The summed E-state index contributed by atoms with van der Waals surface area (Å²) in [5.41, 5.74) is 8.36. The molecule has 0 saturated carbocycles. The Morgan fingerprint density at radius 2 is 2.06 bits per heavy atom. The maximum Gasteiger partial charge on any atom is 0.0782 e. The van der Waals surface area contributed by atoms with Crippen LogP contribution in [0, 0.1) is 0 Å². The van der Waals surface area contributed by atoms with Crippen molar-refractivity contribution >= 4 is 11.4 Å². The van der Waals surface area contributed by atoms with Crippen LogP contribution in [-0.4, -0.2) is 31.4 Å². The third-order valence-electron chi connectivity index (χ3n) is 2.90. The highest BCUT2D eigenvalue weighted by atomic mass is 16.5. The largest absolute Gasteiger partial charge is 0.398 e. The van der Waals surface area contributed by atoms with Gasteiger partial charge in [-0.05, 0) is 25.1 Å². The van der Waals surface area contributed by atoms with Crippen molar-refractivity contribution in [2.24, 2.45) is 0 Å². The summed E-state index contributed by atoms with van der Waals surface area (Å²) < 4.78 is 5.31. The molecule has 88 valence electrons. The average molecular weight is 222 g/mol. The SMILES string of the molecule is CC(O)c1cc(N2CCOCC2)ccc1N. The second-order valence-electron chi connectivity index (χ2n) is 4.09. The molecule has 1 aliphatic heterocycles. The van der Waals surface area contributed by atoms with Gasteiger partial charge in [0.1, 0.15) is 0 Å². The molecule has 0 amide bonds. The molecule has 0 radical (unpaired) electrons. The van der Waals surface area contributed by atoms with Crippen LogP contribution < -0.4 is 10.6 Å². The highest BCUT2D eigenvalue weighted by molar-refractivity contribution is 5.59. The summed E-state index contributed by atoms with van der Waals surface area (Å²) in [6.07, 6.45) is -0.527. The number of nitrogens with two attached hydrogens (primary N) is 1. The second kappa shape index (κ2) is 4.72. The first-order chi connectivity index (χ1) is 7.68. The zero-order valence-electron chi connectivity index (χ0n) is 9.52. The Kier molecular flexibility index (Phi) is 3.31. The van der Waals surface area contributed by atoms with Gasteiger partial charge in [-0.25, -0.2) is 0 Å². The van der Waals surface area contributed by atoms with E-state index in [-0.39, 0.29) is 0 Å². The number of aliphatic hydroxyl groups excluding tert-OH is 1. The van der Waals surface area contributed by atoms with Crippen molar-refractivity contribution in [1.82, 2.24) is 0 Å². The molecular formula is C12H18N2O2. The molecule has 1 atom stereocenters. The van der Waals surface area contributed by atoms with Crippen LogP contribution in [0.1, 0.15) is 18.6 Å². The molecule has 0 bridgehead atoms. The number of ether oxygens (including phenoxy) is 1. The van der Waals surface area contributed by atoms with Gasteiger partial charge in [0, 0.05) is 30.0 Å². The van der Waals surface area contributed by atoms with Gasteiger partial charge < -0.3 is 20.5 Å². The first-order valence-electron chi connectivity index (χ1n) is 5.58. The minimum absolute atomic E-state index is 0.527. The van der Waals surface area contributed by atoms with E-state index in [1.807, 2.05) is 18.2 Å². The number of benzene rings is 1. The zero-order valence-corrected chi connectivity index (χ0v) is 9.52. The Bertz CT molecular complexity index is 360. The lowest BCUT2D eigenvalue weighted by Crippen LogP contribution is -2.36. The fraction of sp³-hybridized carbons (Fsp3) is 0.500. The second-order valence-corrected chi connectivity index (χ2v) is 4.09. The normalized spacial score (nSPS) is 18.5. The standard InChI is InChI=1S/C12H18N2O2/c1-9(15)11-8-10(2-3-12(11)13)14-4-6-16-7-5-14/h2-3,8-9,15H,4-7,13H2,1H3. The van der Waals surface area contributed by atoms with Gasteiger partial charge in [0.2, 0.25) is 0 Å². The van der Waals surface area contributed by atoms with Crippen LogP contribution in [0.4, 0.5) is 11.4 Å². The van der Waals surface area contributed by atoms with Crippen molar-refractivity contribution in [2.75, 3.05) is 36.9 Å². The number of nitrogen functional groups attached to an aromatic ring is 1. The van der Waals surface area contributed by atoms with E-state index in [0.29, 0.717) is 5.69 Å². The maximum atomic E-state index is 9.60. The summed E-state index contributed by atoms with van der Waals surface area (Å²) >= 11 is 0. The predicted octanol–water partition coefficient (Wildman–Crippen LogP) is 1.16. The summed E-state index contributed by atoms with van der Waals surface area (Å²) in [5.74, 6) is 0. The summed E-state index contributed by atoms with van der Waals surface area (Å²) in [6.45, 7) is 5.03. The molecule has 1 aromatic rings. The molecule has 4 heteroatoms. The minimum atomic E-state index is -0.527. The topological polar surface area (TPSA) is 58.7 Å². The fourth-order valence-electron chi connectivity index (χ4n) is 1.94. The van der Waals surface area contributed by atoms with Crippen LogP contribution in [0.2, 0.25) is 0 Å². The zero-order chi connectivity index (χ0) is 11.5. The summed E-state index contributed by atoms with van der Waals surface area (Å²) in [5, 5.41) is 9.60. The number of nitrogens with zero attached hydrogens (tertiary/aromatic N) is 1. The molecule has 16 heavy (non-hydrogen) atoms. The van der Waals surface area contributed by atoms with E-state index in [9.17, 15) is 5.11 Å². The Morgan fingerprint density at radius 1 is 1.38 bits per heavy atom. The first kappa shape index (κ1) is 11.2. The van der Waals surface area contributed by atoms with Gasteiger partial charge in [-0.3, -0.25) is 0 Å². The van der Waals surface area contributed by atoms with Crippen LogP contribution in [-0.2, 0) is 4.74 Å². The van der Waals surface area contributed by atoms with E-state index in [0.717, 1.165) is 37.6 Å². The van der Waals surface area contributed by atoms with Crippen molar-refractivity contribution < 1.29 is 9.84 Å². The van der Waals surface area contributed by atoms with E-state index in [1.165, 1.54) is 0 Å². The fourth-order valence-corrected chi connectivity index (χ4v) is 1.94. The minimum Gasteiger partial charge on any atom is -0.398 e. The van der Waals surface area contributed by atoms with Crippen molar-refractivity contribution in [3.63, 3.8) is 0 Å². The van der Waals surface area contributed by atoms with Crippen molar-refractivity contribution in [2.45, 2.75) is 13.0 Å². The van der Waals surface area contributed by atoms with Gasteiger partial charge >= 0.3 is 0 Å². The van der Waals surface area contributed by atoms with Crippen LogP contribution in [0.5, 0.6) is 0 Å². The quantitative estimate of drug-likeness (QED) is 0.737. The van der Waals surface area contributed by atoms with Gasteiger partial charge in [-0.1, -0.05) is 0 Å². The van der Waals surface area contributed by atoms with Gasteiger partial charge in [0.15, 0.2) is 0 Å².